The molecule has 0 spiro atoms. The van der Waals surface area contributed by atoms with Crippen molar-refractivity contribution in [1.29, 1.82) is 0 Å². The second-order valence-corrected chi connectivity index (χ2v) is 4.61. The summed E-state index contributed by atoms with van der Waals surface area (Å²) in [6.07, 6.45) is 1.32. The summed E-state index contributed by atoms with van der Waals surface area (Å²) >= 11 is 0. The first-order valence-electron chi connectivity index (χ1n) is 6.91. The highest BCUT2D eigenvalue weighted by Crippen LogP contribution is 2.24. The number of para-hydroxylation sites is 1. The lowest BCUT2D eigenvalue weighted by atomic mass is 10.2. The Morgan fingerprint density at radius 2 is 1.77 bits per heavy atom. The molecule has 0 aliphatic carbocycles. The van der Waals surface area contributed by atoms with Crippen molar-refractivity contribution < 1.29 is 19.4 Å². The molecule has 2 rings (SSSR count). The average Bonchev–Trinajstić information content (AvgIpc) is 2.54. The fourth-order valence-corrected chi connectivity index (χ4v) is 1.96. The fraction of sp³-hybridized carbons (Fsp3) is 0.235. The summed E-state index contributed by atoms with van der Waals surface area (Å²) in [6.45, 7) is 2.78. The highest BCUT2D eigenvalue weighted by atomic mass is 16.5. The van der Waals surface area contributed by atoms with Crippen molar-refractivity contribution in [2.45, 2.75) is 6.92 Å². The Labute approximate surface area is 129 Å². The van der Waals surface area contributed by atoms with Crippen LogP contribution in [0.5, 0.6) is 17.2 Å². The van der Waals surface area contributed by atoms with Crippen molar-refractivity contribution in [3.8, 4) is 17.2 Å². The topological polar surface area (TPSA) is 60.3 Å². The van der Waals surface area contributed by atoms with Crippen molar-refractivity contribution >= 4 is 6.21 Å². The number of hydrogen-bond acceptors (Lipinski definition) is 5. The molecule has 0 amide bonds. The summed E-state index contributed by atoms with van der Waals surface area (Å²) in [4.78, 5) is 0. The molecule has 5 heteroatoms. The van der Waals surface area contributed by atoms with E-state index in [0.717, 1.165) is 11.3 Å². The van der Waals surface area contributed by atoms with Crippen LogP contribution in [-0.4, -0.2) is 31.7 Å². The first-order valence-corrected chi connectivity index (χ1v) is 6.91. The van der Waals surface area contributed by atoms with Crippen LogP contribution in [-0.2, 0) is 0 Å². The number of nitrogens with zero attached hydrogens (tertiary/aromatic N) is 1. The largest absolute Gasteiger partial charge is 0.497 e. The highest BCUT2D eigenvalue weighted by Gasteiger charge is 2.05. The van der Waals surface area contributed by atoms with E-state index in [4.69, 9.17) is 19.4 Å². The monoisotopic (exact) mass is 301 g/mol. The third-order valence-corrected chi connectivity index (χ3v) is 3.11. The van der Waals surface area contributed by atoms with Gasteiger partial charge >= 0.3 is 0 Å². The second kappa shape index (κ2) is 7.93. The quantitative estimate of drug-likeness (QED) is 0.369. The molecule has 0 bridgehead atoms. The van der Waals surface area contributed by atoms with Gasteiger partial charge in [-0.25, -0.2) is 0 Å². The van der Waals surface area contributed by atoms with Crippen molar-refractivity contribution in [3.05, 3.63) is 53.6 Å². The van der Waals surface area contributed by atoms with Crippen LogP contribution in [0.25, 0.3) is 0 Å². The zero-order valence-corrected chi connectivity index (χ0v) is 12.7. The summed E-state index contributed by atoms with van der Waals surface area (Å²) in [6, 6.07) is 13.1. The van der Waals surface area contributed by atoms with Crippen LogP contribution < -0.4 is 14.2 Å². The normalized spacial score (nSPS) is 10.6. The van der Waals surface area contributed by atoms with E-state index in [2.05, 4.69) is 5.16 Å². The van der Waals surface area contributed by atoms with E-state index >= 15 is 0 Å². The molecule has 0 saturated heterocycles. The van der Waals surface area contributed by atoms with Crippen molar-refractivity contribution in [2.24, 2.45) is 5.16 Å². The van der Waals surface area contributed by atoms with Crippen LogP contribution in [0.15, 0.2) is 47.6 Å². The van der Waals surface area contributed by atoms with Gasteiger partial charge in [-0.15, -0.1) is 0 Å². The number of benzene rings is 2. The minimum atomic E-state index is 0.369. The standard InChI is InChI=1S/C17H19NO4/c1-13-5-3-4-6-16(13)21-9-10-22-17-11-15(20-2)8-7-14(17)12-18-19/h3-8,11-12,19H,9-10H2,1-2H3. The Kier molecular flexibility index (Phi) is 5.65. The fourth-order valence-electron chi connectivity index (χ4n) is 1.96. The Hall–Kier alpha value is -2.69. The lowest BCUT2D eigenvalue weighted by molar-refractivity contribution is 0.215. The molecule has 0 aromatic heterocycles. The minimum absolute atomic E-state index is 0.369. The Bertz CT molecular complexity index is 640. The minimum Gasteiger partial charge on any atom is -0.497 e. The molecule has 22 heavy (non-hydrogen) atoms. The Morgan fingerprint density at radius 3 is 2.45 bits per heavy atom. The molecule has 0 aliphatic rings. The molecule has 0 aliphatic heterocycles. The van der Waals surface area contributed by atoms with Gasteiger partial charge in [0.15, 0.2) is 0 Å². The van der Waals surface area contributed by atoms with Gasteiger partial charge in [0.05, 0.1) is 13.3 Å². The molecule has 0 fully saturated rings. The van der Waals surface area contributed by atoms with Gasteiger partial charge in [0, 0.05) is 11.6 Å². The summed E-state index contributed by atoms with van der Waals surface area (Å²) in [5.74, 6) is 2.09. The number of aryl methyl sites for hydroxylation is 1. The molecule has 5 nitrogen and oxygen atoms in total. The van der Waals surface area contributed by atoms with Gasteiger partial charge in [0.2, 0.25) is 0 Å². The van der Waals surface area contributed by atoms with E-state index in [1.165, 1.54) is 6.21 Å². The van der Waals surface area contributed by atoms with E-state index in [-0.39, 0.29) is 0 Å². The number of methoxy groups -OCH3 is 1. The number of hydrogen-bond donors (Lipinski definition) is 1. The molecular formula is C17H19NO4. The Morgan fingerprint density at radius 1 is 1.05 bits per heavy atom. The van der Waals surface area contributed by atoms with Crippen molar-refractivity contribution in [3.63, 3.8) is 0 Å². The van der Waals surface area contributed by atoms with Crippen LogP contribution in [0.3, 0.4) is 0 Å². The molecule has 0 atom stereocenters. The maximum atomic E-state index is 8.68. The molecular weight excluding hydrogens is 282 g/mol. The van der Waals surface area contributed by atoms with Crippen LogP contribution >= 0.6 is 0 Å². The lowest BCUT2D eigenvalue weighted by Gasteiger charge is -2.12. The predicted molar refractivity (Wildman–Crippen MR) is 84.5 cm³/mol. The van der Waals surface area contributed by atoms with E-state index in [0.29, 0.717) is 30.3 Å². The van der Waals surface area contributed by atoms with E-state index < -0.39 is 0 Å². The van der Waals surface area contributed by atoms with E-state index in [1.807, 2.05) is 31.2 Å². The molecule has 1 N–H and O–H groups in total. The molecule has 0 heterocycles. The van der Waals surface area contributed by atoms with Gasteiger partial charge in [0.1, 0.15) is 30.5 Å². The highest BCUT2D eigenvalue weighted by molar-refractivity contribution is 5.83. The van der Waals surface area contributed by atoms with Crippen LogP contribution in [0.1, 0.15) is 11.1 Å². The van der Waals surface area contributed by atoms with Crippen molar-refractivity contribution in [1.82, 2.24) is 0 Å². The first kappa shape index (κ1) is 15.7. The molecule has 0 unspecified atom stereocenters. The summed E-state index contributed by atoms with van der Waals surface area (Å²) in [5, 5.41) is 11.7. The summed E-state index contributed by atoms with van der Waals surface area (Å²) < 4.78 is 16.5. The average molecular weight is 301 g/mol. The molecule has 2 aromatic carbocycles. The van der Waals surface area contributed by atoms with E-state index in [9.17, 15) is 0 Å². The lowest BCUT2D eigenvalue weighted by Crippen LogP contribution is -2.10. The molecule has 116 valence electrons. The van der Waals surface area contributed by atoms with Crippen LogP contribution in [0, 0.1) is 6.92 Å². The maximum Gasteiger partial charge on any atom is 0.132 e. The van der Waals surface area contributed by atoms with Gasteiger partial charge in [-0.1, -0.05) is 23.4 Å². The van der Waals surface area contributed by atoms with Crippen LogP contribution in [0.2, 0.25) is 0 Å². The van der Waals surface area contributed by atoms with Crippen LogP contribution in [0.4, 0.5) is 0 Å². The summed E-state index contributed by atoms with van der Waals surface area (Å²) in [7, 11) is 1.58. The SMILES string of the molecule is COc1ccc(C=NO)c(OCCOc2ccccc2C)c1. The van der Waals surface area contributed by atoms with Crippen molar-refractivity contribution in [2.75, 3.05) is 20.3 Å². The van der Waals surface area contributed by atoms with Gasteiger partial charge in [-0.2, -0.15) is 0 Å². The number of rotatable bonds is 7. The van der Waals surface area contributed by atoms with Gasteiger partial charge in [-0.3, -0.25) is 0 Å². The molecule has 0 radical (unpaired) electrons. The van der Waals surface area contributed by atoms with Gasteiger partial charge < -0.3 is 19.4 Å². The number of oxime groups is 1. The predicted octanol–water partition coefficient (Wildman–Crippen LogP) is 3.27. The van der Waals surface area contributed by atoms with Gasteiger partial charge in [-0.05, 0) is 30.7 Å². The zero-order chi connectivity index (χ0) is 15.8. The van der Waals surface area contributed by atoms with E-state index in [1.54, 1.807) is 25.3 Å². The van der Waals surface area contributed by atoms with Gasteiger partial charge in [0.25, 0.3) is 0 Å². The smallest absolute Gasteiger partial charge is 0.132 e. The summed E-state index contributed by atoms with van der Waals surface area (Å²) in [5.41, 5.74) is 1.75. The Balaban J connectivity index is 1.95. The molecule has 0 saturated carbocycles. The maximum absolute atomic E-state index is 8.68. The number of ether oxygens (including phenoxy) is 3. The molecule has 2 aromatic rings. The third-order valence-electron chi connectivity index (χ3n) is 3.11. The third kappa shape index (κ3) is 4.15. The second-order valence-electron chi connectivity index (χ2n) is 4.61. The zero-order valence-electron chi connectivity index (χ0n) is 12.7. The first-order chi connectivity index (χ1) is 10.7.